The number of aromatic amines is 1. The van der Waals surface area contributed by atoms with Crippen LogP contribution < -0.4 is 0 Å². The molecule has 0 radical (unpaired) electrons. The number of H-pyrrole nitrogens is 1. The van der Waals surface area contributed by atoms with Crippen molar-refractivity contribution in [1.29, 1.82) is 0 Å². The monoisotopic (exact) mass is 368 g/mol. The number of nitrogens with one attached hydrogen (secondary N) is 1. The van der Waals surface area contributed by atoms with Crippen LogP contribution in [0.25, 0.3) is 0 Å². The molecular formula is C21H28N4O2. The highest BCUT2D eigenvalue weighted by molar-refractivity contribution is 5.76. The molecular weight excluding hydrogens is 340 g/mol. The number of piperidine rings is 1. The first-order valence-corrected chi connectivity index (χ1v) is 10.1. The third-order valence-corrected chi connectivity index (χ3v) is 5.64. The van der Waals surface area contributed by atoms with Crippen molar-refractivity contribution in [2.24, 2.45) is 0 Å². The Kier molecular flexibility index (Phi) is 5.82. The van der Waals surface area contributed by atoms with Crippen LogP contribution in [0.2, 0.25) is 0 Å². The molecule has 3 heterocycles. The zero-order valence-electron chi connectivity index (χ0n) is 15.8. The van der Waals surface area contributed by atoms with Gasteiger partial charge in [-0.05, 0) is 56.2 Å². The summed E-state index contributed by atoms with van der Waals surface area (Å²) in [4.78, 5) is 19.0. The Morgan fingerprint density at radius 1 is 1.26 bits per heavy atom. The molecule has 144 valence electrons. The number of aryl methyl sites for hydroxylation is 2. The molecule has 0 spiro atoms. The van der Waals surface area contributed by atoms with Crippen molar-refractivity contribution in [3.63, 3.8) is 0 Å². The smallest absolute Gasteiger partial charge is 0.223 e. The molecule has 4 rings (SSSR count). The summed E-state index contributed by atoms with van der Waals surface area (Å²) < 4.78 is 6.00. The molecule has 1 fully saturated rings. The van der Waals surface area contributed by atoms with Crippen LogP contribution in [0.5, 0.6) is 0 Å². The molecule has 0 aromatic carbocycles. The van der Waals surface area contributed by atoms with E-state index in [1.54, 1.807) is 6.20 Å². The molecule has 1 amide bonds. The number of aromatic nitrogens is 3. The summed E-state index contributed by atoms with van der Waals surface area (Å²) in [6.45, 7) is 2.03. The summed E-state index contributed by atoms with van der Waals surface area (Å²) in [6, 6.07) is 5.84. The summed E-state index contributed by atoms with van der Waals surface area (Å²) in [6.07, 6.45) is 9.81. The summed E-state index contributed by atoms with van der Waals surface area (Å²) in [5.41, 5.74) is 4.68. The van der Waals surface area contributed by atoms with Gasteiger partial charge in [0, 0.05) is 37.8 Å². The average Bonchev–Trinajstić information content (AvgIpc) is 3.15. The fourth-order valence-electron chi connectivity index (χ4n) is 4.13. The number of ether oxygens (including phenoxy) is 1. The third kappa shape index (κ3) is 4.56. The van der Waals surface area contributed by atoms with Crippen molar-refractivity contribution < 1.29 is 9.53 Å². The number of fused-ring (bicyclic) bond motifs is 1. The molecule has 2 aromatic rings. The summed E-state index contributed by atoms with van der Waals surface area (Å²) in [7, 11) is 0. The molecule has 1 saturated heterocycles. The molecule has 0 unspecified atom stereocenters. The van der Waals surface area contributed by atoms with Crippen molar-refractivity contribution in [2.75, 3.05) is 13.1 Å². The largest absolute Gasteiger partial charge is 0.370 e. The van der Waals surface area contributed by atoms with Crippen LogP contribution in [0.3, 0.4) is 0 Å². The Hall–Kier alpha value is -2.21. The topological polar surface area (TPSA) is 71.1 Å². The number of rotatable bonds is 6. The number of nitrogens with zero attached hydrogens (tertiary/aromatic N) is 3. The van der Waals surface area contributed by atoms with Crippen LogP contribution in [0.4, 0.5) is 0 Å². The minimum absolute atomic E-state index is 0.0999. The Morgan fingerprint density at radius 3 is 3.07 bits per heavy atom. The summed E-state index contributed by atoms with van der Waals surface area (Å²) in [5, 5.41) is 7.63. The highest BCUT2D eigenvalue weighted by Crippen LogP contribution is 2.23. The maximum absolute atomic E-state index is 12.7. The lowest BCUT2D eigenvalue weighted by molar-refractivity contribution is -0.135. The number of pyridine rings is 1. The summed E-state index contributed by atoms with van der Waals surface area (Å²) >= 11 is 0. The van der Waals surface area contributed by atoms with Gasteiger partial charge in [-0.25, -0.2) is 0 Å². The summed E-state index contributed by atoms with van der Waals surface area (Å²) in [5.74, 6) is 0.216. The van der Waals surface area contributed by atoms with Crippen molar-refractivity contribution in [2.45, 2.75) is 64.1 Å². The number of carbonyl (C=O) groups excluding carboxylic acids is 1. The maximum atomic E-state index is 12.7. The van der Waals surface area contributed by atoms with Crippen LogP contribution >= 0.6 is 0 Å². The van der Waals surface area contributed by atoms with E-state index in [0.717, 1.165) is 50.0 Å². The number of likely N-dealkylation sites (tertiary alicyclic amines) is 1. The average molecular weight is 368 g/mol. The van der Waals surface area contributed by atoms with Gasteiger partial charge in [0.15, 0.2) is 0 Å². The molecule has 6 nitrogen and oxygen atoms in total. The zero-order chi connectivity index (χ0) is 18.5. The van der Waals surface area contributed by atoms with E-state index in [4.69, 9.17) is 4.74 Å². The van der Waals surface area contributed by atoms with Crippen molar-refractivity contribution in [3.05, 3.63) is 47.0 Å². The number of amides is 1. The van der Waals surface area contributed by atoms with Gasteiger partial charge in [-0.1, -0.05) is 6.07 Å². The van der Waals surface area contributed by atoms with E-state index in [9.17, 15) is 4.79 Å². The first-order chi connectivity index (χ1) is 13.3. The quantitative estimate of drug-likeness (QED) is 0.851. The SMILES string of the molecule is O=C(CCc1n[nH]c2c1CCCC2)N1CCC[C@@H](OCc2ccccn2)C1. The van der Waals surface area contributed by atoms with Crippen LogP contribution in [0.1, 0.15) is 54.7 Å². The van der Waals surface area contributed by atoms with Crippen LogP contribution in [-0.2, 0) is 35.4 Å². The van der Waals surface area contributed by atoms with Crippen molar-refractivity contribution >= 4 is 5.91 Å². The van der Waals surface area contributed by atoms with E-state index >= 15 is 0 Å². The predicted molar refractivity (Wildman–Crippen MR) is 102 cm³/mol. The van der Waals surface area contributed by atoms with E-state index in [-0.39, 0.29) is 12.0 Å². The molecule has 1 aliphatic carbocycles. The minimum Gasteiger partial charge on any atom is -0.370 e. The van der Waals surface area contributed by atoms with Gasteiger partial charge >= 0.3 is 0 Å². The molecule has 0 bridgehead atoms. The highest BCUT2D eigenvalue weighted by Gasteiger charge is 2.25. The zero-order valence-corrected chi connectivity index (χ0v) is 15.8. The lowest BCUT2D eigenvalue weighted by Crippen LogP contribution is -2.43. The number of hydrogen-bond donors (Lipinski definition) is 1. The Labute approximate surface area is 160 Å². The standard InChI is InChI=1S/C21H28N4O2/c26-21(11-10-20-18-8-1-2-9-19(18)23-24-20)25-13-5-7-17(14-25)27-15-16-6-3-4-12-22-16/h3-4,6,12,17H,1-2,5,7-11,13-15H2,(H,23,24)/t17-/m1/s1. The Morgan fingerprint density at radius 2 is 2.19 bits per heavy atom. The van der Waals surface area contributed by atoms with Crippen LogP contribution in [0, 0.1) is 0 Å². The van der Waals surface area contributed by atoms with Crippen molar-refractivity contribution in [1.82, 2.24) is 20.1 Å². The fraction of sp³-hybridized carbons (Fsp3) is 0.571. The number of hydrogen-bond acceptors (Lipinski definition) is 4. The van der Waals surface area contributed by atoms with Gasteiger partial charge < -0.3 is 9.64 Å². The van der Waals surface area contributed by atoms with Crippen LogP contribution in [-0.4, -0.2) is 45.2 Å². The minimum atomic E-state index is 0.0999. The second-order valence-corrected chi connectivity index (χ2v) is 7.57. The Balaban J connectivity index is 1.26. The van der Waals surface area contributed by atoms with E-state index < -0.39 is 0 Å². The first kappa shape index (κ1) is 18.2. The van der Waals surface area contributed by atoms with Gasteiger partial charge in [0.2, 0.25) is 5.91 Å². The second kappa shape index (κ2) is 8.65. The van der Waals surface area contributed by atoms with Gasteiger partial charge in [0.1, 0.15) is 0 Å². The van der Waals surface area contributed by atoms with E-state index in [2.05, 4.69) is 15.2 Å². The van der Waals surface area contributed by atoms with Gasteiger partial charge in [0.25, 0.3) is 0 Å². The van der Waals surface area contributed by atoms with Gasteiger partial charge in [-0.15, -0.1) is 0 Å². The number of carbonyl (C=O) groups is 1. The lowest BCUT2D eigenvalue weighted by atomic mass is 9.94. The molecule has 2 aromatic heterocycles. The molecule has 1 N–H and O–H groups in total. The molecule has 0 saturated carbocycles. The van der Waals surface area contributed by atoms with Gasteiger partial charge in [0.05, 0.1) is 24.1 Å². The fourth-order valence-corrected chi connectivity index (χ4v) is 4.13. The normalized spacial score (nSPS) is 19.7. The third-order valence-electron chi connectivity index (χ3n) is 5.64. The molecule has 2 aliphatic rings. The van der Waals surface area contributed by atoms with E-state index in [1.165, 1.54) is 24.1 Å². The second-order valence-electron chi connectivity index (χ2n) is 7.57. The lowest BCUT2D eigenvalue weighted by Gasteiger charge is -2.32. The molecule has 27 heavy (non-hydrogen) atoms. The van der Waals surface area contributed by atoms with Gasteiger partial charge in [-0.2, -0.15) is 5.10 Å². The van der Waals surface area contributed by atoms with Crippen molar-refractivity contribution in [3.8, 4) is 0 Å². The van der Waals surface area contributed by atoms with Gasteiger partial charge in [-0.3, -0.25) is 14.9 Å². The highest BCUT2D eigenvalue weighted by atomic mass is 16.5. The maximum Gasteiger partial charge on any atom is 0.223 e. The molecule has 6 heteroatoms. The van der Waals surface area contributed by atoms with E-state index in [1.807, 2.05) is 23.1 Å². The predicted octanol–water partition coefficient (Wildman–Crippen LogP) is 2.82. The molecule has 1 aliphatic heterocycles. The van der Waals surface area contributed by atoms with Crippen LogP contribution in [0.15, 0.2) is 24.4 Å². The Bertz CT molecular complexity index is 759. The van der Waals surface area contributed by atoms with E-state index in [0.29, 0.717) is 19.6 Å². The molecule has 1 atom stereocenters. The first-order valence-electron chi connectivity index (χ1n) is 10.1.